The Hall–Kier alpha value is -3.52. The van der Waals surface area contributed by atoms with Crippen LogP contribution in [0.25, 0.3) is 44.1 Å². The molecule has 146 valence electrons. The zero-order valence-corrected chi connectivity index (χ0v) is 17.6. The molecule has 0 aliphatic rings. The summed E-state index contributed by atoms with van der Waals surface area (Å²) in [5.74, 6) is 0. The summed E-state index contributed by atoms with van der Waals surface area (Å²) in [5.41, 5.74) is 5.50. The van der Waals surface area contributed by atoms with Gasteiger partial charge < -0.3 is 0 Å². The van der Waals surface area contributed by atoms with Gasteiger partial charge in [-0.2, -0.15) is 0 Å². The fraction of sp³-hybridized carbons (Fsp3) is 0.143. The van der Waals surface area contributed by atoms with Crippen LogP contribution >= 0.6 is 0 Å². The summed E-state index contributed by atoms with van der Waals surface area (Å²) in [6.07, 6.45) is 1.67. The van der Waals surface area contributed by atoms with Crippen LogP contribution in [0.15, 0.2) is 91.3 Å². The van der Waals surface area contributed by atoms with Gasteiger partial charge in [-0.25, -0.2) is 9.97 Å². The van der Waals surface area contributed by atoms with Crippen molar-refractivity contribution in [2.75, 3.05) is 0 Å². The van der Waals surface area contributed by atoms with Crippen molar-refractivity contribution >= 4 is 21.5 Å². The van der Waals surface area contributed by atoms with Crippen LogP contribution in [0.3, 0.4) is 0 Å². The maximum Gasteiger partial charge on any atom is 0.116 e. The second-order valence-corrected chi connectivity index (χ2v) is 8.85. The minimum Gasteiger partial charge on any atom is -0.236 e. The number of aromatic nitrogens is 2. The third kappa shape index (κ3) is 3.35. The molecule has 0 saturated heterocycles. The third-order valence-electron chi connectivity index (χ3n) is 5.68. The predicted octanol–water partition coefficient (Wildman–Crippen LogP) is 7.41. The van der Waals surface area contributed by atoms with Crippen molar-refractivity contribution < 1.29 is 0 Å². The maximum absolute atomic E-state index is 4.62. The number of hydrogen-bond acceptors (Lipinski definition) is 2. The lowest BCUT2D eigenvalue weighted by molar-refractivity contribution is 0.596. The van der Waals surface area contributed by atoms with E-state index in [2.05, 4.69) is 116 Å². The highest BCUT2D eigenvalue weighted by Gasteiger charge is 2.18. The van der Waals surface area contributed by atoms with Crippen LogP contribution in [0.5, 0.6) is 0 Å². The zero-order valence-electron chi connectivity index (χ0n) is 17.6. The highest BCUT2D eigenvalue weighted by atomic mass is 14.8. The number of fused-ring (bicyclic) bond motifs is 2. The summed E-state index contributed by atoms with van der Waals surface area (Å²) >= 11 is 0. The van der Waals surface area contributed by atoms with Gasteiger partial charge in [-0.15, -0.1) is 0 Å². The number of hydrogen-bond donors (Lipinski definition) is 0. The van der Waals surface area contributed by atoms with Gasteiger partial charge in [0.15, 0.2) is 0 Å². The van der Waals surface area contributed by atoms with E-state index >= 15 is 0 Å². The fourth-order valence-electron chi connectivity index (χ4n) is 4.10. The quantitative estimate of drug-likeness (QED) is 0.314. The Labute approximate surface area is 177 Å². The average Bonchev–Trinajstić information content (AvgIpc) is 2.77. The second-order valence-electron chi connectivity index (χ2n) is 8.85. The van der Waals surface area contributed by atoms with Crippen molar-refractivity contribution in [1.82, 2.24) is 9.97 Å². The fourth-order valence-corrected chi connectivity index (χ4v) is 4.10. The van der Waals surface area contributed by atoms with E-state index in [0.717, 1.165) is 22.5 Å². The Morgan fingerprint density at radius 1 is 0.567 bits per heavy atom. The highest BCUT2D eigenvalue weighted by molar-refractivity contribution is 5.91. The summed E-state index contributed by atoms with van der Waals surface area (Å²) in [5, 5.41) is 5.00. The SMILES string of the molecule is CC(C)(C)c1cc(-c2cc(-c3ccc4ccccc4c3)ncn2)cc2ccccc12. The molecule has 0 radical (unpaired) electrons. The standard InChI is InChI=1S/C28H24N2/c1-28(2,3)25-16-23(15-21-10-6-7-11-24(21)25)27-17-26(29-18-30-27)22-13-12-19-8-4-5-9-20(19)14-22/h4-18H,1-3H3. The van der Waals surface area contributed by atoms with Gasteiger partial charge in [-0.1, -0.05) is 81.4 Å². The Morgan fingerprint density at radius 2 is 1.20 bits per heavy atom. The first kappa shape index (κ1) is 18.5. The Bertz CT molecular complexity index is 1380. The molecule has 0 bridgehead atoms. The average molecular weight is 389 g/mol. The predicted molar refractivity (Wildman–Crippen MR) is 127 cm³/mol. The van der Waals surface area contributed by atoms with Crippen LogP contribution in [0.1, 0.15) is 26.3 Å². The Kier molecular flexibility index (Phi) is 4.36. The van der Waals surface area contributed by atoms with E-state index in [4.69, 9.17) is 0 Å². The molecule has 0 spiro atoms. The summed E-state index contributed by atoms with van der Waals surface area (Å²) in [4.78, 5) is 9.18. The van der Waals surface area contributed by atoms with Gasteiger partial charge in [0.25, 0.3) is 0 Å². The topological polar surface area (TPSA) is 25.8 Å². The molecular formula is C28H24N2. The van der Waals surface area contributed by atoms with Gasteiger partial charge in [0.05, 0.1) is 11.4 Å². The largest absolute Gasteiger partial charge is 0.236 e. The Morgan fingerprint density at radius 3 is 1.97 bits per heavy atom. The van der Waals surface area contributed by atoms with Crippen LogP contribution in [0, 0.1) is 0 Å². The van der Waals surface area contributed by atoms with Gasteiger partial charge in [-0.3, -0.25) is 0 Å². The van der Waals surface area contributed by atoms with Crippen LogP contribution in [0.2, 0.25) is 0 Å². The normalized spacial score (nSPS) is 11.8. The molecule has 0 amide bonds. The van der Waals surface area contributed by atoms with Crippen LogP contribution in [-0.2, 0) is 5.41 Å². The minimum absolute atomic E-state index is 0.0455. The molecule has 0 unspecified atom stereocenters. The second kappa shape index (κ2) is 7.07. The first-order valence-electron chi connectivity index (χ1n) is 10.3. The molecule has 1 heterocycles. The van der Waals surface area contributed by atoms with E-state index in [1.54, 1.807) is 6.33 Å². The van der Waals surface area contributed by atoms with E-state index in [9.17, 15) is 0 Å². The van der Waals surface area contributed by atoms with E-state index in [1.165, 1.54) is 27.1 Å². The molecule has 0 fully saturated rings. The van der Waals surface area contributed by atoms with Gasteiger partial charge in [0, 0.05) is 11.1 Å². The molecule has 5 aromatic rings. The first-order chi connectivity index (χ1) is 14.5. The summed E-state index contributed by atoms with van der Waals surface area (Å²) < 4.78 is 0. The van der Waals surface area contributed by atoms with Crippen molar-refractivity contribution in [3.8, 4) is 22.5 Å². The lowest BCUT2D eigenvalue weighted by Crippen LogP contribution is -2.12. The van der Waals surface area contributed by atoms with Crippen molar-refractivity contribution in [1.29, 1.82) is 0 Å². The van der Waals surface area contributed by atoms with Crippen molar-refractivity contribution in [2.24, 2.45) is 0 Å². The monoisotopic (exact) mass is 388 g/mol. The van der Waals surface area contributed by atoms with Gasteiger partial charge >= 0.3 is 0 Å². The molecule has 1 aromatic heterocycles. The van der Waals surface area contributed by atoms with E-state index < -0.39 is 0 Å². The third-order valence-corrected chi connectivity index (χ3v) is 5.68. The van der Waals surface area contributed by atoms with E-state index in [-0.39, 0.29) is 5.41 Å². The lowest BCUT2D eigenvalue weighted by Gasteiger charge is -2.22. The molecule has 0 aliphatic heterocycles. The Balaban J connectivity index is 1.65. The minimum atomic E-state index is 0.0455. The van der Waals surface area contributed by atoms with Crippen molar-refractivity contribution in [3.05, 3.63) is 96.8 Å². The van der Waals surface area contributed by atoms with Crippen LogP contribution in [-0.4, -0.2) is 9.97 Å². The molecular weight excluding hydrogens is 364 g/mol. The molecule has 0 saturated carbocycles. The molecule has 2 heteroatoms. The number of nitrogens with zero attached hydrogens (tertiary/aromatic N) is 2. The van der Waals surface area contributed by atoms with Crippen molar-refractivity contribution in [3.63, 3.8) is 0 Å². The first-order valence-corrected chi connectivity index (χ1v) is 10.3. The van der Waals surface area contributed by atoms with Crippen LogP contribution in [0.4, 0.5) is 0 Å². The summed E-state index contributed by atoms with van der Waals surface area (Å²) in [6.45, 7) is 6.79. The van der Waals surface area contributed by atoms with Crippen LogP contribution < -0.4 is 0 Å². The summed E-state index contributed by atoms with van der Waals surface area (Å²) in [7, 11) is 0. The summed E-state index contributed by atoms with van der Waals surface area (Å²) in [6, 6.07) is 30.1. The van der Waals surface area contributed by atoms with Gasteiger partial charge in [0.1, 0.15) is 6.33 Å². The smallest absolute Gasteiger partial charge is 0.116 e. The lowest BCUT2D eigenvalue weighted by atomic mass is 9.82. The molecule has 2 nitrogen and oxygen atoms in total. The van der Waals surface area contributed by atoms with E-state index in [1.807, 2.05) is 0 Å². The molecule has 0 aliphatic carbocycles. The molecule has 4 aromatic carbocycles. The highest BCUT2D eigenvalue weighted by Crippen LogP contribution is 2.35. The van der Waals surface area contributed by atoms with Gasteiger partial charge in [-0.05, 0) is 56.8 Å². The molecule has 0 atom stereocenters. The molecule has 5 rings (SSSR count). The maximum atomic E-state index is 4.62. The van der Waals surface area contributed by atoms with E-state index in [0.29, 0.717) is 0 Å². The number of benzene rings is 4. The zero-order chi connectivity index (χ0) is 20.7. The number of rotatable bonds is 2. The van der Waals surface area contributed by atoms with Crippen molar-refractivity contribution in [2.45, 2.75) is 26.2 Å². The molecule has 0 N–H and O–H groups in total. The molecule has 30 heavy (non-hydrogen) atoms. The van der Waals surface area contributed by atoms with Gasteiger partial charge in [0.2, 0.25) is 0 Å².